The van der Waals surface area contributed by atoms with Crippen LogP contribution < -0.4 is 5.32 Å². The van der Waals surface area contributed by atoms with E-state index in [1.807, 2.05) is 25.3 Å². The number of aromatic nitrogens is 3. The van der Waals surface area contributed by atoms with E-state index < -0.39 is 0 Å². The van der Waals surface area contributed by atoms with Crippen LogP contribution in [-0.2, 0) is 4.74 Å². The molecule has 0 unspecified atom stereocenters. The minimum Gasteiger partial charge on any atom is -0.375 e. The Morgan fingerprint density at radius 1 is 1.61 bits per heavy atom. The largest absolute Gasteiger partial charge is 0.375 e. The third-order valence-corrected chi connectivity index (χ3v) is 2.81. The zero-order chi connectivity index (χ0) is 13.0. The van der Waals surface area contributed by atoms with Crippen molar-refractivity contribution in [3.63, 3.8) is 0 Å². The first kappa shape index (κ1) is 13.0. The van der Waals surface area contributed by atoms with Crippen LogP contribution in [0.1, 0.15) is 6.92 Å². The van der Waals surface area contributed by atoms with Gasteiger partial charge in [0.1, 0.15) is 0 Å². The monoisotopic (exact) mass is 310 g/mol. The van der Waals surface area contributed by atoms with Crippen LogP contribution in [0.25, 0.3) is 5.65 Å². The highest BCUT2D eigenvalue weighted by molar-refractivity contribution is 9.10. The van der Waals surface area contributed by atoms with Crippen LogP contribution in [0, 0.1) is 0 Å². The summed E-state index contributed by atoms with van der Waals surface area (Å²) in [6.45, 7) is 7.57. The average Bonchev–Trinajstić information content (AvgIpc) is 2.72. The van der Waals surface area contributed by atoms with Crippen molar-refractivity contribution in [1.82, 2.24) is 14.6 Å². The van der Waals surface area contributed by atoms with E-state index in [0.29, 0.717) is 25.7 Å². The van der Waals surface area contributed by atoms with Crippen LogP contribution in [0.2, 0.25) is 0 Å². The smallest absolute Gasteiger partial charge is 0.243 e. The second-order valence-electron chi connectivity index (χ2n) is 4.00. The van der Waals surface area contributed by atoms with E-state index in [2.05, 4.69) is 37.9 Å². The van der Waals surface area contributed by atoms with Crippen molar-refractivity contribution in [3.8, 4) is 0 Å². The van der Waals surface area contributed by atoms with Gasteiger partial charge < -0.3 is 10.1 Å². The van der Waals surface area contributed by atoms with Gasteiger partial charge in [0.2, 0.25) is 5.95 Å². The summed E-state index contributed by atoms with van der Waals surface area (Å²) in [6.07, 6.45) is 1.86. The van der Waals surface area contributed by atoms with Crippen molar-refractivity contribution >= 4 is 27.5 Å². The molecule has 2 aromatic rings. The van der Waals surface area contributed by atoms with Crippen molar-refractivity contribution in [3.05, 3.63) is 35.0 Å². The molecule has 2 rings (SSSR count). The molecule has 6 heteroatoms. The zero-order valence-corrected chi connectivity index (χ0v) is 11.8. The van der Waals surface area contributed by atoms with Crippen LogP contribution in [0.4, 0.5) is 5.95 Å². The van der Waals surface area contributed by atoms with Crippen molar-refractivity contribution in [2.75, 3.05) is 25.1 Å². The van der Waals surface area contributed by atoms with Crippen LogP contribution in [0.15, 0.2) is 35.0 Å². The van der Waals surface area contributed by atoms with E-state index >= 15 is 0 Å². The fourth-order valence-corrected chi connectivity index (χ4v) is 1.85. The van der Waals surface area contributed by atoms with Crippen LogP contribution in [-0.4, -0.2) is 34.4 Å². The van der Waals surface area contributed by atoms with Gasteiger partial charge in [0.15, 0.2) is 5.65 Å². The van der Waals surface area contributed by atoms with E-state index in [-0.39, 0.29) is 0 Å². The van der Waals surface area contributed by atoms with Gasteiger partial charge in [-0.05, 0) is 35.0 Å². The number of fused-ring (bicyclic) bond motifs is 1. The molecule has 0 fully saturated rings. The summed E-state index contributed by atoms with van der Waals surface area (Å²) >= 11 is 3.43. The van der Waals surface area contributed by atoms with Crippen molar-refractivity contribution < 1.29 is 4.74 Å². The molecule has 0 aliphatic heterocycles. The lowest BCUT2D eigenvalue weighted by Crippen LogP contribution is -2.11. The predicted molar refractivity (Wildman–Crippen MR) is 74.8 cm³/mol. The Balaban J connectivity index is 1.88. The van der Waals surface area contributed by atoms with Crippen molar-refractivity contribution in [2.24, 2.45) is 0 Å². The molecule has 2 aromatic heterocycles. The number of anilines is 1. The minimum absolute atomic E-state index is 0.589. The number of nitrogens with zero attached hydrogens (tertiary/aromatic N) is 3. The normalized spacial score (nSPS) is 10.8. The van der Waals surface area contributed by atoms with Gasteiger partial charge >= 0.3 is 0 Å². The molecule has 1 N–H and O–H groups in total. The van der Waals surface area contributed by atoms with Gasteiger partial charge in [-0.1, -0.05) is 12.2 Å². The summed E-state index contributed by atoms with van der Waals surface area (Å²) in [6, 6.07) is 3.84. The Labute approximate surface area is 114 Å². The molecule has 2 heterocycles. The molecular weight excluding hydrogens is 296 g/mol. The van der Waals surface area contributed by atoms with Crippen LogP contribution >= 0.6 is 15.9 Å². The van der Waals surface area contributed by atoms with Gasteiger partial charge in [-0.2, -0.15) is 4.98 Å². The summed E-state index contributed by atoms with van der Waals surface area (Å²) < 4.78 is 8.02. The topological polar surface area (TPSA) is 51.5 Å². The molecule has 0 spiro atoms. The Morgan fingerprint density at radius 2 is 2.44 bits per heavy atom. The fraction of sp³-hybridized carbons (Fsp3) is 0.333. The number of rotatable bonds is 6. The molecule has 0 aliphatic carbocycles. The number of hydrogen-bond donors (Lipinski definition) is 1. The van der Waals surface area contributed by atoms with E-state index in [9.17, 15) is 0 Å². The van der Waals surface area contributed by atoms with Crippen LogP contribution in [0.5, 0.6) is 0 Å². The Hall–Kier alpha value is -1.40. The van der Waals surface area contributed by atoms with E-state index in [4.69, 9.17) is 4.74 Å². The Morgan fingerprint density at radius 3 is 3.17 bits per heavy atom. The number of ether oxygens (including phenoxy) is 1. The predicted octanol–water partition coefficient (Wildman–Crippen LogP) is 2.50. The lowest BCUT2D eigenvalue weighted by molar-refractivity contribution is 0.167. The number of nitrogens with one attached hydrogen (secondary N) is 1. The van der Waals surface area contributed by atoms with Gasteiger partial charge in [0.05, 0.1) is 17.7 Å². The molecule has 0 saturated carbocycles. The van der Waals surface area contributed by atoms with E-state index in [1.165, 1.54) is 0 Å². The standard InChI is InChI=1S/C12H15BrN4O/c1-9(2)8-18-7-5-14-12-15-11-10(13)4-3-6-17(11)16-12/h3-4,6H,1,5,7-8H2,2H3,(H,14,16). The molecule has 0 aromatic carbocycles. The second-order valence-corrected chi connectivity index (χ2v) is 4.85. The summed E-state index contributed by atoms with van der Waals surface area (Å²) in [4.78, 5) is 4.37. The second kappa shape index (κ2) is 5.97. The SMILES string of the molecule is C=C(C)COCCNc1nc2c(Br)cccn2n1. The molecule has 18 heavy (non-hydrogen) atoms. The third kappa shape index (κ3) is 3.30. The molecule has 0 radical (unpaired) electrons. The van der Waals surface area contributed by atoms with E-state index in [0.717, 1.165) is 15.7 Å². The van der Waals surface area contributed by atoms with Gasteiger partial charge in [0, 0.05) is 12.7 Å². The number of halogens is 1. The summed E-state index contributed by atoms with van der Waals surface area (Å²) in [5.41, 5.74) is 1.81. The molecule has 0 amide bonds. The van der Waals surface area contributed by atoms with E-state index in [1.54, 1.807) is 4.52 Å². The first-order valence-corrected chi connectivity index (χ1v) is 6.43. The zero-order valence-electron chi connectivity index (χ0n) is 10.2. The third-order valence-electron chi connectivity index (χ3n) is 2.19. The van der Waals surface area contributed by atoms with Gasteiger partial charge in [-0.15, -0.1) is 5.10 Å². The number of pyridine rings is 1. The average molecular weight is 311 g/mol. The lowest BCUT2D eigenvalue weighted by atomic mass is 10.4. The maximum Gasteiger partial charge on any atom is 0.243 e. The molecular formula is C12H15BrN4O. The van der Waals surface area contributed by atoms with Gasteiger partial charge in [0.25, 0.3) is 0 Å². The molecule has 0 saturated heterocycles. The molecule has 0 bridgehead atoms. The maximum atomic E-state index is 5.38. The quantitative estimate of drug-likeness (QED) is 0.658. The molecule has 0 atom stereocenters. The highest BCUT2D eigenvalue weighted by Gasteiger charge is 2.04. The minimum atomic E-state index is 0.589. The highest BCUT2D eigenvalue weighted by Crippen LogP contribution is 2.16. The highest BCUT2D eigenvalue weighted by atomic mass is 79.9. The fourth-order valence-electron chi connectivity index (χ4n) is 1.43. The molecule has 0 aliphatic rings. The maximum absolute atomic E-state index is 5.38. The Kier molecular flexibility index (Phi) is 4.33. The number of hydrogen-bond acceptors (Lipinski definition) is 4. The van der Waals surface area contributed by atoms with Gasteiger partial charge in [-0.3, -0.25) is 0 Å². The molecule has 96 valence electrons. The van der Waals surface area contributed by atoms with Crippen LogP contribution in [0.3, 0.4) is 0 Å². The first-order chi connectivity index (χ1) is 8.66. The summed E-state index contributed by atoms with van der Waals surface area (Å²) in [5.74, 6) is 0.598. The lowest BCUT2D eigenvalue weighted by Gasteiger charge is -2.03. The van der Waals surface area contributed by atoms with Crippen molar-refractivity contribution in [2.45, 2.75) is 6.92 Å². The molecule has 5 nitrogen and oxygen atoms in total. The van der Waals surface area contributed by atoms with Gasteiger partial charge in [-0.25, -0.2) is 4.52 Å². The summed E-state index contributed by atoms with van der Waals surface area (Å²) in [7, 11) is 0. The van der Waals surface area contributed by atoms with Crippen molar-refractivity contribution in [1.29, 1.82) is 0 Å². The summed E-state index contributed by atoms with van der Waals surface area (Å²) in [5, 5.41) is 7.41. The Bertz CT molecular complexity index is 552. The first-order valence-electron chi connectivity index (χ1n) is 5.63.